The lowest BCUT2D eigenvalue weighted by molar-refractivity contribution is 0.683. The third kappa shape index (κ3) is 2.74. The van der Waals surface area contributed by atoms with E-state index in [4.69, 9.17) is 5.73 Å². The number of nitrogens with two attached hydrogens (primary N) is 1. The molecule has 3 heteroatoms. The molecule has 0 bridgehead atoms. The molecule has 0 aliphatic carbocycles. The highest BCUT2D eigenvalue weighted by Gasteiger charge is 2.16. The summed E-state index contributed by atoms with van der Waals surface area (Å²) in [5, 5.41) is 4.28. The molecule has 0 saturated heterocycles. The van der Waals surface area contributed by atoms with Crippen molar-refractivity contribution in [3.05, 3.63) is 52.2 Å². The fourth-order valence-electron chi connectivity index (χ4n) is 2.13. The van der Waals surface area contributed by atoms with Gasteiger partial charge in [0.15, 0.2) is 0 Å². The molecule has 1 unspecified atom stereocenters. The van der Waals surface area contributed by atoms with Gasteiger partial charge in [0.25, 0.3) is 0 Å². The quantitative estimate of drug-likeness (QED) is 0.892. The minimum absolute atomic E-state index is 0.253. The lowest BCUT2D eigenvalue weighted by Gasteiger charge is -2.28. The van der Waals surface area contributed by atoms with Gasteiger partial charge in [0.2, 0.25) is 0 Å². The Balaban J connectivity index is 2.20. The Bertz CT molecular complexity index is 462. The van der Waals surface area contributed by atoms with Crippen LogP contribution in [0.4, 0.5) is 5.69 Å². The Morgan fingerprint density at radius 2 is 1.94 bits per heavy atom. The van der Waals surface area contributed by atoms with Crippen molar-refractivity contribution in [2.45, 2.75) is 19.4 Å². The summed E-state index contributed by atoms with van der Waals surface area (Å²) in [4.78, 5) is 2.25. The van der Waals surface area contributed by atoms with Crippen LogP contribution < -0.4 is 10.6 Å². The van der Waals surface area contributed by atoms with E-state index in [9.17, 15) is 0 Å². The molecule has 0 spiro atoms. The summed E-state index contributed by atoms with van der Waals surface area (Å²) < 4.78 is 0. The van der Waals surface area contributed by atoms with Gasteiger partial charge < -0.3 is 10.6 Å². The second-order valence-corrected chi connectivity index (χ2v) is 5.22. The minimum atomic E-state index is 0.253. The van der Waals surface area contributed by atoms with Crippen molar-refractivity contribution in [2.75, 3.05) is 18.5 Å². The molecule has 2 nitrogen and oxygen atoms in total. The standard InChI is InChI=1S/C15H20N2S/c1-3-12-4-6-14(7-5-12)17(2)15(10-16)13-8-9-18-11-13/h4-9,11,15H,3,10,16H2,1-2H3. The highest BCUT2D eigenvalue weighted by Crippen LogP contribution is 2.26. The zero-order valence-corrected chi connectivity index (χ0v) is 11.8. The van der Waals surface area contributed by atoms with E-state index < -0.39 is 0 Å². The maximum Gasteiger partial charge on any atom is 0.0669 e. The molecule has 1 atom stereocenters. The highest BCUT2D eigenvalue weighted by molar-refractivity contribution is 7.08. The number of hydrogen-bond acceptors (Lipinski definition) is 3. The van der Waals surface area contributed by atoms with Crippen molar-refractivity contribution in [1.82, 2.24) is 0 Å². The number of anilines is 1. The molecule has 2 aromatic rings. The number of benzene rings is 1. The minimum Gasteiger partial charge on any atom is -0.366 e. The Kier molecular flexibility index (Phi) is 4.39. The number of likely N-dealkylation sites (N-methyl/N-ethyl adjacent to an activating group) is 1. The zero-order valence-electron chi connectivity index (χ0n) is 11.0. The topological polar surface area (TPSA) is 29.3 Å². The molecule has 1 heterocycles. The van der Waals surface area contributed by atoms with Gasteiger partial charge in [0, 0.05) is 19.3 Å². The molecule has 2 N–H and O–H groups in total. The average molecular weight is 260 g/mol. The van der Waals surface area contributed by atoms with Gasteiger partial charge in [-0.15, -0.1) is 0 Å². The lowest BCUT2D eigenvalue weighted by Crippen LogP contribution is -2.30. The second-order valence-electron chi connectivity index (χ2n) is 4.44. The first-order valence-corrected chi connectivity index (χ1v) is 7.24. The van der Waals surface area contributed by atoms with E-state index in [0.717, 1.165) is 6.42 Å². The van der Waals surface area contributed by atoms with E-state index in [1.807, 2.05) is 0 Å². The van der Waals surface area contributed by atoms with Gasteiger partial charge in [-0.2, -0.15) is 11.3 Å². The maximum atomic E-state index is 5.92. The molecule has 1 aromatic heterocycles. The number of nitrogens with zero attached hydrogens (tertiary/aromatic N) is 1. The first kappa shape index (κ1) is 13.1. The zero-order chi connectivity index (χ0) is 13.0. The van der Waals surface area contributed by atoms with E-state index in [0.29, 0.717) is 6.54 Å². The van der Waals surface area contributed by atoms with E-state index in [1.165, 1.54) is 16.8 Å². The predicted molar refractivity (Wildman–Crippen MR) is 80.3 cm³/mol. The third-order valence-corrected chi connectivity index (χ3v) is 4.07. The van der Waals surface area contributed by atoms with Crippen LogP contribution in [0.2, 0.25) is 0 Å². The smallest absolute Gasteiger partial charge is 0.0669 e. The molecule has 0 aliphatic heterocycles. The SMILES string of the molecule is CCc1ccc(N(C)C(CN)c2ccsc2)cc1. The number of aryl methyl sites for hydroxylation is 1. The summed E-state index contributed by atoms with van der Waals surface area (Å²) >= 11 is 1.72. The number of rotatable bonds is 5. The van der Waals surface area contributed by atoms with Crippen molar-refractivity contribution in [2.24, 2.45) is 5.73 Å². The summed E-state index contributed by atoms with van der Waals surface area (Å²) in [6.07, 6.45) is 1.08. The molecule has 96 valence electrons. The summed E-state index contributed by atoms with van der Waals surface area (Å²) in [6, 6.07) is 11.1. The number of thiophene rings is 1. The molecule has 1 aromatic carbocycles. The normalized spacial score (nSPS) is 12.4. The van der Waals surface area contributed by atoms with E-state index in [-0.39, 0.29) is 6.04 Å². The molecule has 0 fully saturated rings. The van der Waals surface area contributed by atoms with Crippen LogP contribution in [-0.2, 0) is 6.42 Å². The van der Waals surface area contributed by atoms with Crippen LogP contribution in [0.3, 0.4) is 0 Å². The molecule has 2 rings (SSSR count). The van der Waals surface area contributed by atoms with Gasteiger partial charge in [0.1, 0.15) is 0 Å². The summed E-state index contributed by atoms with van der Waals surface area (Å²) in [5.74, 6) is 0. The van der Waals surface area contributed by atoms with Gasteiger partial charge in [-0.1, -0.05) is 19.1 Å². The Morgan fingerprint density at radius 1 is 1.22 bits per heavy atom. The fourth-order valence-corrected chi connectivity index (χ4v) is 2.84. The first-order valence-electron chi connectivity index (χ1n) is 6.30. The summed E-state index contributed by atoms with van der Waals surface area (Å²) in [7, 11) is 2.11. The van der Waals surface area contributed by atoms with E-state index in [2.05, 4.69) is 60.0 Å². The van der Waals surface area contributed by atoms with Gasteiger partial charge in [0.05, 0.1) is 6.04 Å². The molecular formula is C15H20N2S. The van der Waals surface area contributed by atoms with Crippen LogP contribution in [0, 0.1) is 0 Å². The van der Waals surface area contributed by atoms with Crippen LogP contribution in [0.1, 0.15) is 24.1 Å². The van der Waals surface area contributed by atoms with Crippen LogP contribution in [0.5, 0.6) is 0 Å². The molecule has 0 radical (unpaired) electrons. The van der Waals surface area contributed by atoms with E-state index >= 15 is 0 Å². The van der Waals surface area contributed by atoms with Gasteiger partial charge >= 0.3 is 0 Å². The van der Waals surface area contributed by atoms with Crippen LogP contribution in [0.25, 0.3) is 0 Å². The second kappa shape index (κ2) is 6.03. The van der Waals surface area contributed by atoms with Gasteiger partial charge in [-0.25, -0.2) is 0 Å². The van der Waals surface area contributed by atoms with Gasteiger partial charge in [-0.3, -0.25) is 0 Å². The lowest BCUT2D eigenvalue weighted by atomic mass is 10.1. The summed E-state index contributed by atoms with van der Waals surface area (Å²) in [5.41, 5.74) is 9.80. The first-order chi connectivity index (χ1) is 8.76. The molecule has 0 aliphatic rings. The molecule has 0 saturated carbocycles. The van der Waals surface area contributed by atoms with Gasteiger partial charge in [-0.05, 0) is 46.5 Å². The third-order valence-electron chi connectivity index (χ3n) is 3.37. The van der Waals surface area contributed by atoms with Crippen LogP contribution >= 0.6 is 11.3 Å². The summed E-state index contributed by atoms with van der Waals surface area (Å²) in [6.45, 7) is 2.80. The Morgan fingerprint density at radius 3 is 2.44 bits per heavy atom. The average Bonchev–Trinajstić information content (AvgIpc) is 2.93. The largest absolute Gasteiger partial charge is 0.366 e. The van der Waals surface area contributed by atoms with Crippen LogP contribution in [0.15, 0.2) is 41.1 Å². The molecule has 0 amide bonds. The van der Waals surface area contributed by atoms with Crippen molar-refractivity contribution in [3.8, 4) is 0 Å². The highest BCUT2D eigenvalue weighted by atomic mass is 32.1. The fraction of sp³-hybridized carbons (Fsp3) is 0.333. The Labute approximate surface area is 113 Å². The van der Waals surface area contributed by atoms with Crippen LogP contribution in [-0.4, -0.2) is 13.6 Å². The van der Waals surface area contributed by atoms with Crippen molar-refractivity contribution < 1.29 is 0 Å². The van der Waals surface area contributed by atoms with E-state index in [1.54, 1.807) is 11.3 Å². The predicted octanol–water partition coefficient (Wildman–Crippen LogP) is 3.45. The Hall–Kier alpha value is -1.32. The molecular weight excluding hydrogens is 240 g/mol. The maximum absolute atomic E-state index is 5.92. The van der Waals surface area contributed by atoms with Crippen molar-refractivity contribution in [3.63, 3.8) is 0 Å². The van der Waals surface area contributed by atoms with Crippen molar-refractivity contribution in [1.29, 1.82) is 0 Å². The molecule has 18 heavy (non-hydrogen) atoms. The number of hydrogen-bond donors (Lipinski definition) is 1. The monoisotopic (exact) mass is 260 g/mol. The van der Waals surface area contributed by atoms with Crippen molar-refractivity contribution >= 4 is 17.0 Å².